The Hall–Kier alpha value is -1.81. The molecule has 3 rings (SSSR count). The summed E-state index contributed by atoms with van der Waals surface area (Å²) in [6.45, 7) is 2.66. The zero-order valence-electron chi connectivity index (χ0n) is 10.8. The van der Waals surface area contributed by atoms with Crippen LogP contribution < -0.4 is 5.32 Å². The van der Waals surface area contributed by atoms with Gasteiger partial charge in [-0.1, -0.05) is 31.5 Å². The standard InChI is InChI=1S/C15H17NO3/c1-2-9-7-11(9)16-8-13-14(15(17)18)10-5-3-4-6-12(10)19-13/h3-6,9,11,16H,2,7-8H2,1H3,(H,17,18). The van der Waals surface area contributed by atoms with Crippen molar-refractivity contribution in [3.63, 3.8) is 0 Å². The molecule has 4 nitrogen and oxygen atoms in total. The van der Waals surface area contributed by atoms with Gasteiger partial charge in [0, 0.05) is 11.4 Å². The van der Waals surface area contributed by atoms with E-state index >= 15 is 0 Å². The molecule has 1 heterocycles. The zero-order chi connectivity index (χ0) is 13.4. The van der Waals surface area contributed by atoms with Crippen LogP contribution in [-0.2, 0) is 6.54 Å². The first kappa shape index (κ1) is 12.2. The predicted molar refractivity (Wildman–Crippen MR) is 72.2 cm³/mol. The van der Waals surface area contributed by atoms with Crippen molar-refractivity contribution in [1.82, 2.24) is 5.32 Å². The van der Waals surface area contributed by atoms with E-state index in [1.165, 1.54) is 12.8 Å². The van der Waals surface area contributed by atoms with Crippen molar-refractivity contribution < 1.29 is 14.3 Å². The van der Waals surface area contributed by atoms with Crippen LogP contribution in [0, 0.1) is 5.92 Å². The van der Waals surface area contributed by atoms with Crippen LogP contribution in [0.5, 0.6) is 0 Å². The van der Waals surface area contributed by atoms with Gasteiger partial charge in [0.25, 0.3) is 0 Å². The van der Waals surface area contributed by atoms with Crippen LogP contribution >= 0.6 is 0 Å². The van der Waals surface area contributed by atoms with Gasteiger partial charge in [-0.3, -0.25) is 0 Å². The van der Waals surface area contributed by atoms with Crippen molar-refractivity contribution in [3.05, 3.63) is 35.6 Å². The molecule has 0 bridgehead atoms. The first-order valence-corrected chi connectivity index (χ1v) is 6.67. The number of para-hydroxylation sites is 1. The van der Waals surface area contributed by atoms with Crippen LogP contribution in [0.1, 0.15) is 35.9 Å². The van der Waals surface area contributed by atoms with Gasteiger partial charge in [0.15, 0.2) is 0 Å². The van der Waals surface area contributed by atoms with E-state index in [4.69, 9.17) is 4.42 Å². The maximum atomic E-state index is 11.4. The van der Waals surface area contributed by atoms with Gasteiger partial charge in [0.05, 0.1) is 6.54 Å². The van der Waals surface area contributed by atoms with Gasteiger partial charge in [-0.2, -0.15) is 0 Å². The molecule has 1 aromatic heterocycles. The molecule has 100 valence electrons. The van der Waals surface area contributed by atoms with Crippen molar-refractivity contribution in [2.24, 2.45) is 5.92 Å². The lowest BCUT2D eigenvalue weighted by Crippen LogP contribution is -2.18. The lowest BCUT2D eigenvalue weighted by molar-refractivity contribution is 0.0696. The molecule has 0 amide bonds. The van der Waals surface area contributed by atoms with Crippen LogP contribution in [0.4, 0.5) is 0 Å². The van der Waals surface area contributed by atoms with Gasteiger partial charge >= 0.3 is 5.97 Å². The van der Waals surface area contributed by atoms with Gasteiger partial charge < -0.3 is 14.8 Å². The fraction of sp³-hybridized carbons (Fsp3) is 0.400. The topological polar surface area (TPSA) is 62.5 Å². The summed E-state index contributed by atoms with van der Waals surface area (Å²) in [5.41, 5.74) is 0.927. The highest BCUT2D eigenvalue weighted by molar-refractivity contribution is 6.03. The molecule has 1 aliphatic carbocycles. The van der Waals surface area contributed by atoms with Crippen molar-refractivity contribution in [2.45, 2.75) is 32.4 Å². The smallest absolute Gasteiger partial charge is 0.339 e. The normalized spacial score (nSPS) is 21.7. The van der Waals surface area contributed by atoms with E-state index in [9.17, 15) is 9.90 Å². The van der Waals surface area contributed by atoms with Gasteiger partial charge in [0.1, 0.15) is 16.9 Å². The molecule has 0 aliphatic heterocycles. The minimum Gasteiger partial charge on any atom is -0.478 e. The van der Waals surface area contributed by atoms with Crippen molar-refractivity contribution in [1.29, 1.82) is 0 Å². The van der Waals surface area contributed by atoms with Crippen LogP contribution in [0.15, 0.2) is 28.7 Å². The molecule has 0 spiro atoms. The van der Waals surface area contributed by atoms with Crippen molar-refractivity contribution in [2.75, 3.05) is 0 Å². The number of furan rings is 1. The van der Waals surface area contributed by atoms with Gasteiger partial charge in [-0.05, 0) is 18.4 Å². The van der Waals surface area contributed by atoms with E-state index in [1.54, 1.807) is 12.1 Å². The van der Waals surface area contributed by atoms with Crippen molar-refractivity contribution in [3.8, 4) is 0 Å². The fourth-order valence-corrected chi connectivity index (χ4v) is 2.63. The summed E-state index contributed by atoms with van der Waals surface area (Å²) in [5.74, 6) is 0.331. The van der Waals surface area contributed by atoms with E-state index < -0.39 is 5.97 Å². The molecule has 4 heteroatoms. The van der Waals surface area contributed by atoms with Crippen LogP contribution in [0.2, 0.25) is 0 Å². The fourth-order valence-electron chi connectivity index (χ4n) is 2.63. The largest absolute Gasteiger partial charge is 0.478 e. The Morgan fingerprint density at radius 1 is 1.47 bits per heavy atom. The number of carboxylic acids is 1. The number of hydrogen-bond acceptors (Lipinski definition) is 3. The second-order valence-electron chi connectivity index (χ2n) is 5.09. The minimum atomic E-state index is -0.926. The summed E-state index contributed by atoms with van der Waals surface area (Å²) in [7, 11) is 0. The zero-order valence-corrected chi connectivity index (χ0v) is 10.8. The number of rotatable bonds is 5. The third kappa shape index (κ3) is 2.24. The maximum absolute atomic E-state index is 11.4. The summed E-state index contributed by atoms with van der Waals surface area (Å²) >= 11 is 0. The molecule has 19 heavy (non-hydrogen) atoms. The Balaban J connectivity index is 1.85. The molecular formula is C15H17NO3. The Kier molecular flexibility index (Phi) is 3.03. The Bertz CT molecular complexity index is 617. The molecule has 1 saturated carbocycles. The summed E-state index contributed by atoms with van der Waals surface area (Å²) in [6, 6.07) is 7.78. The number of nitrogens with one attached hydrogen (secondary N) is 1. The second-order valence-corrected chi connectivity index (χ2v) is 5.09. The van der Waals surface area contributed by atoms with Gasteiger partial charge in [-0.25, -0.2) is 4.79 Å². The Morgan fingerprint density at radius 2 is 2.26 bits per heavy atom. The highest BCUT2D eigenvalue weighted by Crippen LogP contribution is 2.34. The number of carboxylic acid groups (broad SMARTS) is 1. The van der Waals surface area contributed by atoms with Crippen LogP contribution in [0.3, 0.4) is 0 Å². The molecule has 1 aliphatic rings. The minimum absolute atomic E-state index is 0.289. The highest BCUT2D eigenvalue weighted by Gasteiger charge is 2.35. The third-order valence-electron chi connectivity index (χ3n) is 3.85. The Morgan fingerprint density at radius 3 is 2.95 bits per heavy atom. The van der Waals surface area contributed by atoms with E-state index in [2.05, 4.69) is 12.2 Å². The average Bonchev–Trinajstić information content (AvgIpc) is 3.06. The monoisotopic (exact) mass is 259 g/mol. The summed E-state index contributed by atoms with van der Waals surface area (Å²) < 4.78 is 5.66. The van der Waals surface area contributed by atoms with E-state index in [0.717, 1.165) is 5.92 Å². The SMILES string of the molecule is CCC1CC1NCc1oc2ccccc2c1C(=O)O. The summed E-state index contributed by atoms with van der Waals surface area (Å²) in [6.07, 6.45) is 2.35. The molecule has 0 saturated heterocycles. The molecule has 2 N–H and O–H groups in total. The maximum Gasteiger partial charge on any atom is 0.339 e. The molecule has 2 atom stereocenters. The van der Waals surface area contributed by atoms with E-state index in [-0.39, 0.29) is 5.56 Å². The predicted octanol–water partition coefficient (Wildman–Crippen LogP) is 3.02. The van der Waals surface area contributed by atoms with Crippen LogP contribution in [-0.4, -0.2) is 17.1 Å². The first-order chi connectivity index (χ1) is 9.20. The molecule has 0 radical (unpaired) electrons. The Labute approximate surface area is 111 Å². The van der Waals surface area contributed by atoms with Crippen LogP contribution in [0.25, 0.3) is 11.0 Å². The summed E-state index contributed by atoms with van der Waals surface area (Å²) in [4.78, 5) is 11.4. The first-order valence-electron chi connectivity index (χ1n) is 6.67. The molecule has 1 fully saturated rings. The molecule has 2 aromatic rings. The lowest BCUT2D eigenvalue weighted by atomic mass is 10.1. The van der Waals surface area contributed by atoms with Crippen molar-refractivity contribution >= 4 is 16.9 Å². The van der Waals surface area contributed by atoms with E-state index in [1.807, 2.05) is 12.1 Å². The third-order valence-corrected chi connectivity index (χ3v) is 3.85. The molecule has 1 aromatic carbocycles. The average molecular weight is 259 g/mol. The number of carbonyl (C=O) groups is 1. The number of benzene rings is 1. The molecular weight excluding hydrogens is 242 g/mol. The lowest BCUT2D eigenvalue weighted by Gasteiger charge is -2.02. The number of aromatic carboxylic acids is 1. The quantitative estimate of drug-likeness (QED) is 0.866. The van der Waals surface area contributed by atoms with Gasteiger partial charge in [-0.15, -0.1) is 0 Å². The number of fused-ring (bicyclic) bond motifs is 1. The molecule has 2 unspecified atom stereocenters. The second kappa shape index (κ2) is 4.70. The van der Waals surface area contributed by atoms with Gasteiger partial charge in [0.2, 0.25) is 0 Å². The highest BCUT2D eigenvalue weighted by atomic mass is 16.4. The summed E-state index contributed by atoms with van der Waals surface area (Å²) in [5, 5.41) is 13.4. The number of hydrogen-bond donors (Lipinski definition) is 2. The van der Waals surface area contributed by atoms with E-state index in [0.29, 0.717) is 29.3 Å².